The second kappa shape index (κ2) is 6.02. The molecular formula is C13H16O2. The number of benzene rings is 1. The van der Waals surface area contributed by atoms with Crippen molar-refractivity contribution in [3.8, 4) is 5.75 Å². The van der Waals surface area contributed by atoms with E-state index < -0.39 is 0 Å². The van der Waals surface area contributed by atoms with Gasteiger partial charge in [0.05, 0.1) is 0 Å². The number of hydrogen-bond acceptors (Lipinski definition) is 2. The number of ketones is 1. The molecule has 80 valence electrons. The molecule has 0 aromatic heterocycles. The lowest BCUT2D eigenvalue weighted by atomic mass is 10.2. The van der Waals surface area contributed by atoms with E-state index in [4.69, 9.17) is 4.74 Å². The van der Waals surface area contributed by atoms with E-state index in [0.29, 0.717) is 0 Å². The molecular weight excluding hydrogens is 188 g/mol. The van der Waals surface area contributed by atoms with Gasteiger partial charge in [-0.05, 0) is 37.1 Å². The van der Waals surface area contributed by atoms with Gasteiger partial charge < -0.3 is 4.74 Å². The second-order valence-corrected chi connectivity index (χ2v) is 3.25. The summed E-state index contributed by atoms with van der Waals surface area (Å²) in [5, 5.41) is 0. The van der Waals surface area contributed by atoms with Crippen LogP contribution in [-0.4, -0.2) is 12.4 Å². The van der Waals surface area contributed by atoms with E-state index in [-0.39, 0.29) is 12.4 Å². The van der Waals surface area contributed by atoms with Crippen LogP contribution in [0.15, 0.2) is 36.4 Å². The minimum atomic E-state index is -0.0166. The van der Waals surface area contributed by atoms with Crippen LogP contribution in [0.2, 0.25) is 0 Å². The van der Waals surface area contributed by atoms with Gasteiger partial charge in [0, 0.05) is 0 Å². The molecule has 0 aliphatic rings. The molecule has 0 amide bonds. The Bertz CT molecular complexity index is 336. The summed E-state index contributed by atoms with van der Waals surface area (Å²) in [7, 11) is 0. The molecule has 1 aromatic carbocycles. The standard InChI is InChI=1S/C13H16O2/c1-3-5-12(14)10-15-13-8-6-11(4-2)7-9-13/h3,5-9H,4,10H2,1-2H3/b5-3+. The zero-order chi connectivity index (χ0) is 11.1. The minimum absolute atomic E-state index is 0.0166. The number of carbonyl (C=O) groups excluding carboxylic acids is 1. The summed E-state index contributed by atoms with van der Waals surface area (Å²) in [6.45, 7) is 4.02. The van der Waals surface area contributed by atoms with Crippen LogP contribution in [0.1, 0.15) is 19.4 Å². The number of ether oxygens (including phenoxy) is 1. The maximum atomic E-state index is 11.1. The lowest BCUT2D eigenvalue weighted by molar-refractivity contribution is -0.116. The van der Waals surface area contributed by atoms with Crippen molar-refractivity contribution in [2.75, 3.05) is 6.61 Å². The Morgan fingerprint density at radius 1 is 1.33 bits per heavy atom. The number of allylic oxidation sites excluding steroid dienone is 1. The summed E-state index contributed by atoms with van der Waals surface area (Å²) >= 11 is 0. The molecule has 2 heteroatoms. The Balaban J connectivity index is 2.47. The average molecular weight is 204 g/mol. The van der Waals surface area contributed by atoms with Crippen molar-refractivity contribution in [1.29, 1.82) is 0 Å². The zero-order valence-electron chi connectivity index (χ0n) is 9.19. The Morgan fingerprint density at radius 2 is 2.00 bits per heavy atom. The molecule has 1 rings (SSSR count). The molecule has 0 unspecified atom stereocenters. The van der Waals surface area contributed by atoms with E-state index in [0.717, 1.165) is 12.2 Å². The van der Waals surface area contributed by atoms with E-state index >= 15 is 0 Å². The van der Waals surface area contributed by atoms with Gasteiger partial charge in [-0.15, -0.1) is 0 Å². The molecule has 0 bridgehead atoms. The molecule has 1 aromatic rings. The van der Waals surface area contributed by atoms with Crippen molar-refractivity contribution in [3.05, 3.63) is 42.0 Å². The molecule has 0 heterocycles. The Hall–Kier alpha value is -1.57. The van der Waals surface area contributed by atoms with E-state index in [1.54, 1.807) is 6.08 Å². The van der Waals surface area contributed by atoms with Crippen molar-refractivity contribution in [3.63, 3.8) is 0 Å². The van der Waals surface area contributed by atoms with Crippen LogP contribution >= 0.6 is 0 Å². The minimum Gasteiger partial charge on any atom is -0.485 e. The van der Waals surface area contributed by atoms with Crippen LogP contribution in [0.5, 0.6) is 5.75 Å². The van der Waals surface area contributed by atoms with E-state index in [2.05, 4.69) is 6.92 Å². The average Bonchev–Trinajstić information content (AvgIpc) is 2.27. The highest BCUT2D eigenvalue weighted by atomic mass is 16.5. The van der Waals surface area contributed by atoms with Crippen LogP contribution in [0.3, 0.4) is 0 Å². The number of rotatable bonds is 5. The fourth-order valence-corrected chi connectivity index (χ4v) is 1.21. The Labute approximate surface area is 90.6 Å². The first-order chi connectivity index (χ1) is 7.26. The normalized spacial score (nSPS) is 10.5. The molecule has 0 aliphatic carbocycles. The highest BCUT2D eigenvalue weighted by Crippen LogP contribution is 2.12. The molecule has 0 saturated carbocycles. The van der Waals surface area contributed by atoms with Gasteiger partial charge in [0.25, 0.3) is 0 Å². The molecule has 15 heavy (non-hydrogen) atoms. The van der Waals surface area contributed by atoms with Crippen LogP contribution in [0.4, 0.5) is 0 Å². The van der Waals surface area contributed by atoms with Crippen LogP contribution in [0.25, 0.3) is 0 Å². The van der Waals surface area contributed by atoms with Crippen molar-refractivity contribution >= 4 is 5.78 Å². The summed E-state index contributed by atoms with van der Waals surface area (Å²) in [5.41, 5.74) is 1.27. The summed E-state index contributed by atoms with van der Waals surface area (Å²) in [6.07, 6.45) is 4.24. The fourth-order valence-electron chi connectivity index (χ4n) is 1.21. The Kier molecular flexibility index (Phi) is 4.61. The molecule has 0 radical (unpaired) electrons. The van der Waals surface area contributed by atoms with Gasteiger partial charge in [-0.25, -0.2) is 0 Å². The predicted octanol–water partition coefficient (Wildman–Crippen LogP) is 2.77. The van der Waals surface area contributed by atoms with Gasteiger partial charge >= 0.3 is 0 Å². The summed E-state index contributed by atoms with van der Waals surface area (Å²) in [6, 6.07) is 7.80. The predicted molar refractivity (Wildman–Crippen MR) is 61.1 cm³/mol. The number of aryl methyl sites for hydroxylation is 1. The highest BCUT2D eigenvalue weighted by molar-refractivity contribution is 5.90. The summed E-state index contributed by atoms with van der Waals surface area (Å²) in [4.78, 5) is 11.1. The molecule has 0 aliphatic heterocycles. The quantitative estimate of drug-likeness (QED) is 0.689. The van der Waals surface area contributed by atoms with Crippen LogP contribution < -0.4 is 4.74 Å². The number of carbonyl (C=O) groups is 1. The third-order valence-electron chi connectivity index (χ3n) is 2.07. The van der Waals surface area contributed by atoms with Gasteiger partial charge in [0.15, 0.2) is 12.4 Å². The largest absolute Gasteiger partial charge is 0.485 e. The van der Waals surface area contributed by atoms with Gasteiger partial charge in [-0.3, -0.25) is 4.79 Å². The topological polar surface area (TPSA) is 26.3 Å². The van der Waals surface area contributed by atoms with Crippen molar-refractivity contribution in [2.24, 2.45) is 0 Å². The molecule has 0 N–H and O–H groups in total. The lowest BCUT2D eigenvalue weighted by Gasteiger charge is -2.04. The van der Waals surface area contributed by atoms with E-state index in [1.807, 2.05) is 31.2 Å². The first kappa shape index (κ1) is 11.5. The van der Waals surface area contributed by atoms with E-state index in [9.17, 15) is 4.79 Å². The third kappa shape index (κ3) is 3.98. The first-order valence-electron chi connectivity index (χ1n) is 5.13. The lowest BCUT2D eigenvalue weighted by Crippen LogP contribution is -2.07. The monoisotopic (exact) mass is 204 g/mol. The van der Waals surface area contributed by atoms with Crippen molar-refractivity contribution < 1.29 is 9.53 Å². The van der Waals surface area contributed by atoms with Crippen LogP contribution in [-0.2, 0) is 11.2 Å². The molecule has 2 nitrogen and oxygen atoms in total. The SMILES string of the molecule is C/C=C/C(=O)COc1ccc(CC)cc1. The molecule has 0 fully saturated rings. The highest BCUT2D eigenvalue weighted by Gasteiger charge is 1.98. The summed E-state index contributed by atoms with van der Waals surface area (Å²) in [5.74, 6) is 0.724. The smallest absolute Gasteiger partial charge is 0.192 e. The van der Waals surface area contributed by atoms with E-state index in [1.165, 1.54) is 11.6 Å². The van der Waals surface area contributed by atoms with Gasteiger partial charge in [-0.1, -0.05) is 25.1 Å². The maximum absolute atomic E-state index is 11.1. The van der Waals surface area contributed by atoms with Gasteiger partial charge in [0.2, 0.25) is 0 Å². The fraction of sp³-hybridized carbons (Fsp3) is 0.308. The Morgan fingerprint density at radius 3 is 2.53 bits per heavy atom. The molecule has 0 spiro atoms. The van der Waals surface area contributed by atoms with Gasteiger partial charge in [0.1, 0.15) is 5.75 Å². The first-order valence-corrected chi connectivity index (χ1v) is 5.13. The van der Waals surface area contributed by atoms with Crippen molar-refractivity contribution in [2.45, 2.75) is 20.3 Å². The number of hydrogen-bond donors (Lipinski definition) is 0. The molecule has 0 saturated heterocycles. The zero-order valence-corrected chi connectivity index (χ0v) is 9.19. The van der Waals surface area contributed by atoms with Gasteiger partial charge in [-0.2, -0.15) is 0 Å². The second-order valence-electron chi connectivity index (χ2n) is 3.25. The third-order valence-corrected chi connectivity index (χ3v) is 2.07. The molecule has 0 atom stereocenters. The summed E-state index contributed by atoms with van der Waals surface area (Å²) < 4.78 is 5.32. The van der Waals surface area contributed by atoms with Crippen molar-refractivity contribution in [1.82, 2.24) is 0 Å². The van der Waals surface area contributed by atoms with Crippen LogP contribution in [0, 0.1) is 0 Å². The maximum Gasteiger partial charge on any atom is 0.192 e.